The second kappa shape index (κ2) is 4.09. The molecule has 1 aromatic carbocycles. The zero-order valence-corrected chi connectivity index (χ0v) is 10.2. The van der Waals surface area contributed by atoms with Gasteiger partial charge in [0.15, 0.2) is 0 Å². The van der Waals surface area contributed by atoms with Crippen molar-refractivity contribution >= 4 is 0 Å². The number of rotatable bonds is 1. The van der Waals surface area contributed by atoms with Gasteiger partial charge in [-0.25, -0.2) is 0 Å². The maximum absolute atomic E-state index is 10.9. The van der Waals surface area contributed by atoms with Gasteiger partial charge in [-0.15, -0.1) is 0 Å². The molecule has 0 aromatic heterocycles. The average Bonchev–Trinajstić information content (AvgIpc) is 2.33. The number of likely N-dealkylation sites (N-methyl/N-ethyl adjacent to an activating group) is 1. The lowest BCUT2D eigenvalue weighted by molar-refractivity contribution is -0.137. The van der Waals surface area contributed by atoms with Gasteiger partial charge in [0.25, 0.3) is 0 Å². The van der Waals surface area contributed by atoms with Gasteiger partial charge in [-0.1, -0.05) is 30.3 Å². The Labute approximate surface area is 102 Å². The molecule has 3 heteroatoms. The first-order valence-electron chi connectivity index (χ1n) is 6.27. The molecule has 2 aliphatic heterocycles. The number of ether oxygens (including phenoxy) is 1. The van der Waals surface area contributed by atoms with Crippen LogP contribution in [0.2, 0.25) is 0 Å². The molecule has 1 aromatic rings. The van der Waals surface area contributed by atoms with E-state index in [4.69, 9.17) is 4.74 Å². The van der Waals surface area contributed by atoms with Crippen LogP contribution in [0.4, 0.5) is 0 Å². The van der Waals surface area contributed by atoms with Crippen molar-refractivity contribution in [3.05, 3.63) is 35.9 Å². The normalized spacial score (nSPS) is 38.0. The molecule has 3 rings (SSSR count). The number of fused-ring (bicyclic) bond motifs is 2. The Bertz CT molecular complexity index is 378. The molecule has 17 heavy (non-hydrogen) atoms. The van der Waals surface area contributed by atoms with Crippen molar-refractivity contribution in [3.8, 4) is 0 Å². The number of nitrogens with zero attached hydrogens (tertiary/aromatic N) is 1. The Morgan fingerprint density at radius 3 is 2.35 bits per heavy atom. The fourth-order valence-electron chi connectivity index (χ4n) is 3.13. The number of hydrogen-bond donors (Lipinski definition) is 1. The lowest BCUT2D eigenvalue weighted by Crippen LogP contribution is -2.59. The predicted molar refractivity (Wildman–Crippen MR) is 65.7 cm³/mol. The molecular weight excluding hydrogens is 214 g/mol. The molecule has 2 fully saturated rings. The monoisotopic (exact) mass is 233 g/mol. The summed E-state index contributed by atoms with van der Waals surface area (Å²) < 4.78 is 5.58. The maximum atomic E-state index is 10.9. The molecule has 1 N–H and O–H groups in total. The molecule has 0 aliphatic carbocycles. The van der Waals surface area contributed by atoms with Gasteiger partial charge < -0.3 is 9.84 Å². The molecule has 2 unspecified atom stereocenters. The van der Waals surface area contributed by atoms with Crippen molar-refractivity contribution in [3.63, 3.8) is 0 Å². The van der Waals surface area contributed by atoms with E-state index >= 15 is 0 Å². The van der Waals surface area contributed by atoms with Crippen LogP contribution in [0.3, 0.4) is 0 Å². The predicted octanol–water partition coefficient (Wildman–Crippen LogP) is 1.37. The second-order valence-electron chi connectivity index (χ2n) is 5.32. The lowest BCUT2D eigenvalue weighted by Gasteiger charge is -2.50. The van der Waals surface area contributed by atoms with Crippen LogP contribution in [0.25, 0.3) is 0 Å². The molecule has 2 atom stereocenters. The number of aliphatic hydroxyl groups is 1. The van der Waals surface area contributed by atoms with Crippen molar-refractivity contribution in [2.45, 2.75) is 30.5 Å². The molecule has 0 amide bonds. The Morgan fingerprint density at radius 1 is 1.18 bits per heavy atom. The van der Waals surface area contributed by atoms with Crippen molar-refractivity contribution < 1.29 is 9.84 Å². The van der Waals surface area contributed by atoms with E-state index in [2.05, 4.69) is 11.9 Å². The van der Waals surface area contributed by atoms with Gasteiger partial charge in [-0.05, 0) is 25.5 Å². The second-order valence-corrected chi connectivity index (χ2v) is 5.32. The van der Waals surface area contributed by atoms with Crippen LogP contribution in [0.15, 0.2) is 30.3 Å². The Hall–Kier alpha value is -0.900. The maximum Gasteiger partial charge on any atom is 0.0928 e. The molecule has 0 radical (unpaired) electrons. The Morgan fingerprint density at radius 2 is 1.76 bits per heavy atom. The van der Waals surface area contributed by atoms with Gasteiger partial charge in [-0.3, -0.25) is 4.90 Å². The average molecular weight is 233 g/mol. The van der Waals surface area contributed by atoms with E-state index in [0.29, 0.717) is 12.1 Å². The van der Waals surface area contributed by atoms with Crippen molar-refractivity contribution in [2.24, 2.45) is 0 Å². The first-order valence-corrected chi connectivity index (χ1v) is 6.27. The molecule has 3 nitrogen and oxygen atoms in total. The third-order valence-corrected chi connectivity index (χ3v) is 4.23. The quantitative estimate of drug-likeness (QED) is 0.795. The minimum Gasteiger partial charge on any atom is -0.385 e. The Kier molecular flexibility index (Phi) is 2.69. The van der Waals surface area contributed by atoms with E-state index in [1.54, 1.807) is 0 Å². The van der Waals surface area contributed by atoms with Gasteiger partial charge in [-0.2, -0.15) is 0 Å². The highest BCUT2D eigenvalue weighted by Crippen LogP contribution is 2.39. The molecule has 0 spiro atoms. The fraction of sp³-hybridized carbons (Fsp3) is 0.571. The molecule has 0 saturated carbocycles. The van der Waals surface area contributed by atoms with Crippen molar-refractivity contribution in [1.29, 1.82) is 0 Å². The van der Waals surface area contributed by atoms with Crippen LogP contribution in [-0.2, 0) is 10.3 Å². The largest absolute Gasteiger partial charge is 0.385 e. The van der Waals surface area contributed by atoms with Crippen LogP contribution in [0.5, 0.6) is 0 Å². The highest BCUT2D eigenvalue weighted by molar-refractivity contribution is 5.24. The summed E-state index contributed by atoms with van der Waals surface area (Å²) in [5.41, 5.74) is 0.373. The molecule has 2 heterocycles. The van der Waals surface area contributed by atoms with Crippen LogP contribution >= 0.6 is 0 Å². The summed E-state index contributed by atoms with van der Waals surface area (Å²) in [5, 5.41) is 10.9. The van der Waals surface area contributed by atoms with E-state index in [9.17, 15) is 5.11 Å². The SMILES string of the molecule is CN1C2COCC1CC(O)(c1ccccc1)C2. The van der Waals surface area contributed by atoms with E-state index in [0.717, 1.165) is 31.6 Å². The molecule has 92 valence electrons. The third kappa shape index (κ3) is 1.88. The Balaban J connectivity index is 1.90. The van der Waals surface area contributed by atoms with E-state index in [1.165, 1.54) is 0 Å². The van der Waals surface area contributed by atoms with E-state index in [-0.39, 0.29) is 0 Å². The van der Waals surface area contributed by atoms with Crippen LogP contribution in [0.1, 0.15) is 18.4 Å². The molecule has 2 saturated heterocycles. The van der Waals surface area contributed by atoms with Gasteiger partial charge in [0.05, 0.1) is 18.8 Å². The summed E-state index contributed by atoms with van der Waals surface area (Å²) in [6, 6.07) is 10.7. The topological polar surface area (TPSA) is 32.7 Å². The fourth-order valence-corrected chi connectivity index (χ4v) is 3.13. The number of morpholine rings is 1. The van der Waals surface area contributed by atoms with Gasteiger partial charge >= 0.3 is 0 Å². The summed E-state index contributed by atoms with van der Waals surface area (Å²) in [4.78, 5) is 2.36. The number of hydrogen-bond acceptors (Lipinski definition) is 3. The highest BCUT2D eigenvalue weighted by Gasteiger charge is 2.45. The number of benzene rings is 1. The summed E-state index contributed by atoms with van der Waals surface area (Å²) in [7, 11) is 2.14. The highest BCUT2D eigenvalue weighted by atomic mass is 16.5. The van der Waals surface area contributed by atoms with Gasteiger partial charge in [0.2, 0.25) is 0 Å². The van der Waals surface area contributed by atoms with Crippen LogP contribution in [0, 0.1) is 0 Å². The van der Waals surface area contributed by atoms with Crippen LogP contribution < -0.4 is 0 Å². The van der Waals surface area contributed by atoms with E-state index in [1.807, 2.05) is 30.3 Å². The first-order chi connectivity index (χ1) is 8.19. The smallest absolute Gasteiger partial charge is 0.0928 e. The summed E-state index contributed by atoms with van der Waals surface area (Å²) in [6.45, 7) is 1.48. The van der Waals surface area contributed by atoms with E-state index < -0.39 is 5.60 Å². The molecule has 2 aliphatic rings. The third-order valence-electron chi connectivity index (χ3n) is 4.23. The zero-order valence-electron chi connectivity index (χ0n) is 10.2. The lowest BCUT2D eigenvalue weighted by atomic mass is 9.77. The molecule has 2 bridgehead atoms. The standard InChI is InChI=1S/C14H19NO2/c1-15-12-7-14(16,8-13(15)10-17-9-12)11-5-3-2-4-6-11/h2-6,12-13,16H,7-10H2,1H3. The summed E-state index contributed by atoms with van der Waals surface area (Å²) >= 11 is 0. The summed E-state index contributed by atoms with van der Waals surface area (Å²) in [6.07, 6.45) is 1.54. The summed E-state index contributed by atoms with van der Waals surface area (Å²) in [5.74, 6) is 0. The van der Waals surface area contributed by atoms with Crippen molar-refractivity contribution in [1.82, 2.24) is 4.90 Å². The van der Waals surface area contributed by atoms with Crippen LogP contribution in [-0.4, -0.2) is 42.4 Å². The number of piperidine rings is 1. The van der Waals surface area contributed by atoms with Crippen molar-refractivity contribution in [2.75, 3.05) is 20.3 Å². The minimum atomic E-state index is -0.674. The van der Waals surface area contributed by atoms with Gasteiger partial charge in [0, 0.05) is 12.1 Å². The zero-order chi connectivity index (χ0) is 11.9. The van der Waals surface area contributed by atoms with Gasteiger partial charge in [0.1, 0.15) is 0 Å². The molecular formula is C14H19NO2. The first kappa shape index (κ1) is 11.2. The minimum absolute atomic E-state index is 0.340.